The van der Waals surface area contributed by atoms with Gasteiger partial charge in [-0.2, -0.15) is 0 Å². The maximum atomic E-state index is 13.3. The smallest absolute Gasteiger partial charge is 0.126 e. The summed E-state index contributed by atoms with van der Waals surface area (Å²) in [5.74, 6) is -0.216. The standard InChI is InChI=1S/C16H14FN3/c1-10-9-11(4-5-13(10)17)20-15-7-6-14-12(16(15)18)3-2-8-19-14/h2-9,20H,18H2,1H3. The van der Waals surface area contributed by atoms with E-state index >= 15 is 0 Å². The lowest BCUT2D eigenvalue weighted by atomic mass is 10.1. The molecule has 0 bridgehead atoms. The van der Waals surface area contributed by atoms with Crippen molar-refractivity contribution >= 4 is 28.0 Å². The van der Waals surface area contributed by atoms with E-state index in [9.17, 15) is 4.39 Å². The first-order chi connectivity index (χ1) is 9.65. The normalized spacial score (nSPS) is 10.7. The molecular weight excluding hydrogens is 253 g/mol. The van der Waals surface area contributed by atoms with Crippen molar-refractivity contribution < 1.29 is 4.39 Å². The van der Waals surface area contributed by atoms with E-state index in [2.05, 4.69) is 10.3 Å². The molecule has 0 aliphatic heterocycles. The fraction of sp³-hybridized carbons (Fsp3) is 0.0625. The second-order valence-corrected chi connectivity index (χ2v) is 4.69. The van der Waals surface area contributed by atoms with Gasteiger partial charge in [0, 0.05) is 17.3 Å². The number of halogens is 1. The summed E-state index contributed by atoms with van der Waals surface area (Å²) >= 11 is 0. The molecule has 0 saturated carbocycles. The maximum absolute atomic E-state index is 13.3. The predicted octanol–water partition coefficient (Wildman–Crippen LogP) is 4.01. The molecule has 3 N–H and O–H groups in total. The van der Waals surface area contributed by atoms with Crippen LogP contribution in [0.2, 0.25) is 0 Å². The van der Waals surface area contributed by atoms with Gasteiger partial charge in [0.15, 0.2) is 0 Å². The minimum atomic E-state index is -0.216. The van der Waals surface area contributed by atoms with Crippen LogP contribution in [0, 0.1) is 12.7 Å². The first-order valence-electron chi connectivity index (χ1n) is 6.31. The van der Waals surface area contributed by atoms with Gasteiger partial charge in [-0.15, -0.1) is 0 Å². The van der Waals surface area contributed by atoms with Crippen LogP contribution in [0.1, 0.15) is 5.56 Å². The second-order valence-electron chi connectivity index (χ2n) is 4.69. The number of nitrogens with one attached hydrogen (secondary N) is 1. The van der Waals surface area contributed by atoms with Crippen molar-refractivity contribution in [1.29, 1.82) is 0 Å². The van der Waals surface area contributed by atoms with Crippen LogP contribution < -0.4 is 11.1 Å². The van der Waals surface area contributed by atoms with Gasteiger partial charge in [-0.3, -0.25) is 4.98 Å². The Morgan fingerprint density at radius 3 is 2.80 bits per heavy atom. The summed E-state index contributed by atoms with van der Waals surface area (Å²) in [6.45, 7) is 1.73. The average molecular weight is 267 g/mol. The van der Waals surface area contributed by atoms with Gasteiger partial charge >= 0.3 is 0 Å². The molecule has 0 saturated heterocycles. The predicted molar refractivity (Wildman–Crippen MR) is 80.6 cm³/mol. The van der Waals surface area contributed by atoms with Gasteiger partial charge in [0.2, 0.25) is 0 Å². The van der Waals surface area contributed by atoms with E-state index in [4.69, 9.17) is 5.73 Å². The molecule has 3 nitrogen and oxygen atoms in total. The molecule has 4 heteroatoms. The monoisotopic (exact) mass is 267 g/mol. The van der Waals surface area contributed by atoms with Crippen LogP contribution in [0.4, 0.5) is 21.5 Å². The lowest BCUT2D eigenvalue weighted by Gasteiger charge is -2.12. The molecular formula is C16H14FN3. The Morgan fingerprint density at radius 2 is 2.00 bits per heavy atom. The minimum absolute atomic E-state index is 0.216. The highest BCUT2D eigenvalue weighted by atomic mass is 19.1. The third-order valence-electron chi connectivity index (χ3n) is 3.26. The van der Waals surface area contributed by atoms with Crippen molar-refractivity contribution in [3.63, 3.8) is 0 Å². The number of hydrogen-bond donors (Lipinski definition) is 2. The fourth-order valence-electron chi connectivity index (χ4n) is 2.16. The largest absolute Gasteiger partial charge is 0.396 e. The zero-order chi connectivity index (χ0) is 14.1. The van der Waals surface area contributed by atoms with Crippen LogP contribution in [0.3, 0.4) is 0 Å². The van der Waals surface area contributed by atoms with Gasteiger partial charge in [-0.1, -0.05) is 0 Å². The number of benzene rings is 2. The van der Waals surface area contributed by atoms with Crippen molar-refractivity contribution in [2.75, 3.05) is 11.1 Å². The Hall–Kier alpha value is -2.62. The van der Waals surface area contributed by atoms with Crippen LogP contribution >= 0.6 is 0 Å². The Morgan fingerprint density at radius 1 is 1.15 bits per heavy atom. The van der Waals surface area contributed by atoms with Crippen molar-refractivity contribution in [3.05, 3.63) is 60.0 Å². The Balaban J connectivity index is 2.02. The molecule has 0 amide bonds. The van der Waals surface area contributed by atoms with Gasteiger partial charge in [-0.05, 0) is 55.0 Å². The molecule has 100 valence electrons. The summed E-state index contributed by atoms with van der Waals surface area (Å²) < 4.78 is 13.3. The summed E-state index contributed by atoms with van der Waals surface area (Å²) in [4.78, 5) is 4.26. The minimum Gasteiger partial charge on any atom is -0.396 e. The van der Waals surface area contributed by atoms with Crippen LogP contribution in [-0.2, 0) is 0 Å². The summed E-state index contributed by atoms with van der Waals surface area (Å²) in [6.07, 6.45) is 1.73. The average Bonchev–Trinajstić information content (AvgIpc) is 2.46. The highest BCUT2D eigenvalue weighted by Crippen LogP contribution is 2.30. The SMILES string of the molecule is Cc1cc(Nc2ccc3ncccc3c2N)ccc1F. The summed E-state index contributed by atoms with van der Waals surface area (Å²) in [7, 11) is 0. The van der Waals surface area contributed by atoms with E-state index < -0.39 is 0 Å². The first kappa shape index (κ1) is 12.4. The number of rotatable bonds is 2. The number of anilines is 3. The van der Waals surface area contributed by atoms with Crippen molar-refractivity contribution in [1.82, 2.24) is 4.98 Å². The molecule has 2 aromatic carbocycles. The van der Waals surface area contributed by atoms with Crippen LogP contribution in [-0.4, -0.2) is 4.98 Å². The molecule has 0 fully saturated rings. The zero-order valence-electron chi connectivity index (χ0n) is 11.0. The van der Waals surface area contributed by atoms with Crippen LogP contribution in [0.25, 0.3) is 10.9 Å². The molecule has 0 radical (unpaired) electrons. The molecule has 0 aliphatic carbocycles. The molecule has 0 spiro atoms. The second kappa shape index (κ2) is 4.81. The quantitative estimate of drug-likeness (QED) is 0.690. The third-order valence-corrected chi connectivity index (χ3v) is 3.26. The lowest BCUT2D eigenvalue weighted by molar-refractivity contribution is 0.619. The number of nitrogens with zero attached hydrogens (tertiary/aromatic N) is 1. The molecule has 0 aliphatic rings. The molecule has 1 aromatic heterocycles. The van der Waals surface area contributed by atoms with Crippen molar-refractivity contribution in [2.24, 2.45) is 0 Å². The summed E-state index contributed by atoms with van der Waals surface area (Å²) in [6, 6.07) is 12.4. The number of aryl methyl sites for hydroxylation is 1. The highest BCUT2D eigenvalue weighted by molar-refractivity contribution is 5.97. The number of pyridine rings is 1. The Kier molecular flexibility index (Phi) is 2.99. The third kappa shape index (κ3) is 2.16. The first-order valence-corrected chi connectivity index (χ1v) is 6.31. The zero-order valence-corrected chi connectivity index (χ0v) is 11.0. The Labute approximate surface area is 116 Å². The van der Waals surface area contributed by atoms with Crippen LogP contribution in [0.15, 0.2) is 48.7 Å². The van der Waals surface area contributed by atoms with Gasteiger partial charge in [0.1, 0.15) is 5.82 Å². The summed E-state index contributed by atoms with van der Waals surface area (Å²) in [5, 5.41) is 4.11. The van der Waals surface area contributed by atoms with Gasteiger partial charge in [0.25, 0.3) is 0 Å². The van der Waals surface area contributed by atoms with E-state index in [-0.39, 0.29) is 5.82 Å². The van der Waals surface area contributed by atoms with Gasteiger partial charge in [-0.25, -0.2) is 4.39 Å². The molecule has 20 heavy (non-hydrogen) atoms. The number of nitrogen functional groups attached to an aromatic ring is 1. The Bertz CT molecular complexity index is 784. The van der Waals surface area contributed by atoms with E-state index in [1.54, 1.807) is 25.3 Å². The van der Waals surface area contributed by atoms with Gasteiger partial charge in [0.05, 0.1) is 16.9 Å². The molecule has 3 aromatic rings. The van der Waals surface area contributed by atoms with E-state index in [0.29, 0.717) is 11.3 Å². The maximum Gasteiger partial charge on any atom is 0.126 e. The van der Waals surface area contributed by atoms with Crippen molar-refractivity contribution in [2.45, 2.75) is 6.92 Å². The molecule has 1 heterocycles. The van der Waals surface area contributed by atoms with E-state index in [1.807, 2.05) is 24.3 Å². The van der Waals surface area contributed by atoms with Crippen molar-refractivity contribution in [3.8, 4) is 0 Å². The number of hydrogen-bond acceptors (Lipinski definition) is 3. The summed E-state index contributed by atoms with van der Waals surface area (Å²) in [5.41, 5.74) is 9.83. The molecule has 0 atom stereocenters. The number of nitrogens with two attached hydrogens (primary N) is 1. The molecule has 0 unspecified atom stereocenters. The fourth-order valence-corrected chi connectivity index (χ4v) is 2.16. The van der Waals surface area contributed by atoms with Gasteiger partial charge < -0.3 is 11.1 Å². The highest BCUT2D eigenvalue weighted by Gasteiger charge is 2.06. The number of fused-ring (bicyclic) bond motifs is 1. The number of aromatic nitrogens is 1. The van der Waals surface area contributed by atoms with E-state index in [1.165, 1.54) is 6.07 Å². The van der Waals surface area contributed by atoms with E-state index in [0.717, 1.165) is 22.3 Å². The topological polar surface area (TPSA) is 50.9 Å². The van der Waals surface area contributed by atoms with Crippen LogP contribution in [0.5, 0.6) is 0 Å². The molecule has 3 rings (SSSR count). The lowest BCUT2D eigenvalue weighted by Crippen LogP contribution is -1.98.